The van der Waals surface area contributed by atoms with Crippen LogP contribution in [0.25, 0.3) is 0 Å². The lowest BCUT2D eigenvalue weighted by atomic mass is 10.1. The topological polar surface area (TPSA) is 24.1 Å². The third-order valence-corrected chi connectivity index (χ3v) is 2.43. The van der Waals surface area contributed by atoms with Gasteiger partial charge in [0.15, 0.2) is 0 Å². The Kier molecular flexibility index (Phi) is 4.13. The Balaban J connectivity index is 2.48. The summed E-state index contributed by atoms with van der Waals surface area (Å²) in [6, 6.07) is 0. The molecule has 0 radical (unpaired) electrons. The van der Waals surface area contributed by atoms with Crippen LogP contribution in [0.15, 0.2) is 11.4 Å². The molecule has 1 aliphatic rings. The van der Waals surface area contributed by atoms with Crippen LogP contribution in [0.5, 0.6) is 0 Å². The Morgan fingerprint density at radius 2 is 1.62 bits per heavy atom. The van der Waals surface area contributed by atoms with Gasteiger partial charge in [-0.1, -0.05) is 26.7 Å². The molecule has 0 amide bonds. The van der Waals surface area contributed by atoms with Gasteiger partial charge in [-0.3, -0.25) is 0 Å². The number of unbranched alkanes of at least 4 members (excludes halogenated alkanes) is 1. The molecule has 1 atom stereocenters. The molecule has 0 bridgehead atoms. The van der Waals surface area contributed by atoms with E-state index in [1.54, 1.807) is 0 Å². The Morgan fingerprint density at radius 3 is 2.15 bits per heavy atom. The van der Waals surface area contributed by atoms with Gasteiger partial charge in [0.05, 0.1) is 6.17 Å². The number of hydrogen-bond acceptors (Lipinski definition) is 2. The molecule has 2 heteroatoms. The first-order chi connectivity index (χ1) is 6.27. The molecule has 1 unspecified atom stereocenters. The molecule has 13 heavy (non-hydrogen) atoms. The second-order valence-corrected chi connectivity index (χ2v) is 3.82. The van der Waals surface area contributed by atoms with Crippen molar-refractivity contribution in [1.29, 1.82) is 0 Å². The highest BCUT2D eigenvalue weighted by Crippen LogP contribution is 2.17. The molecular weight excluding hydrogens is 160 g/mol. The number of allylic oxidation sites excluding steroid dienone is 2. The van der Waals surface area contributed by atoms with Crippen LogP contribution in [0.2, 0.25) is 0 Å². The smallest absolute Gasteiger partial charge is 0.0930 e. The second kappa shape index (κ2) is 5.15. The zero-order valence-electron chi connectivity index (χ0n) is 9.11. The van der Waals surface area contributed by atoms with Crippen molar-refractivity contribution in [3.63, 3.8) is 0 Å². The molecule has 0 spiro atoms. The maximum absolute atomic E-state index is 3.49. The van der Waals surface area contributed by atoms with Gasteiger partial charge in [0, 0.05) is 11.4 Å². The molecule has 2 N–H and O–H groups in total. The molecule has 0 saturated carbocycles. The minimum absolute atomic E-state index is 0.438. The summed E-state index contributed by atoms with van der Waals surface area (Å²) < 4.78 is 0. The van der Waals surface area contributed by atoms with Gasteiger partial charge in [-0.15, -0.1) is 0 Å². The van der Waals surface area contributed by atoms with E-state index in [4.69, 9.17) is 0 Å². The normalized spacial score (nSPS) is 21.6. The van der Waals surface area contributed by atoms with Gasteiger partial charge in [0.1, 0.15) is 0 Å². The van der Waals surface area contributed by atoms with Gasteiger partial charge in [0.2, 0.25) is 0 Å². The van der Waals surface area contributed by atoms with Gasteiger partial charge < -0.3 is 10.6 Å². The predicted molar refractivity (Wildman–Crippen MR) is 57.2 cm³/mol. The van der Waals surface area contributed by atoms with Gasteiger partial charge in [0.25, 0.3) is 0 Å². The maximum Gasteiger partial charge on any atom is 0.0930 e. The second-order valence-electron chi connectivity index (χ2n) is 3.82. The van der Waals surface area contributed by atoms with E-state index < -0.39 is 0 Å². The largest absolute Gasteiger partial charge is 0.368 e. The highest BCUT2D eigenvalue weighted by molar-refractivity contribution is 5.17. The Morgan fingerprint density at radius 1 is 1.00 bits per heavy atom. The first-order valence-corrected chi connectivity index (χ1v) is 5.53. The lowest BCUT2D eigenvalue weighted by Crippen LogP contribution is -2.29. The summed E-state index contributed by atoms with van der Waals surface area (Å²) in [7, 11) is 0. The molecule has 0 aromatic carbocycles. The first-order valence-electron chi connectivity index (χ1n) is 5.53. The van der Waals surface area contributed by atoms with E-state index in [-0.39, 0.29) is 0 Å². The average Bonchev–Trinajstić information content (AvgIpc) is 2.44. The lowest BCUT2D eigenvalue weighted by molar-refractivity contribution is 0.584. The van der Waals surface area contributed by atoms with E-state index in [0.29, 0.717) is 6.17 Å². The highest BCUT2D eigenvalue weighted by Gasteiger charge is 2.16. The molecule has 1 rings (SSSR count). The van der Waals surface area contributed by atoms with E-state index in [0.717, 1.165) is 0 Å². The predicted octanol–water partition coefficient (Wildman–Crippen LogP) is 2.73. The van der Waals surface area contributed by atoms with Gasteiger partial charge in [-0.2, -0.15) is 0 Å². The van der Waals surface area contributed by atoms with Crippen molar-refractivity contribution in [2.24, 2.45) is 0 Å². The van der Waals surface area contributed by atoms with Crippen molar-refractivity contribution in [1.82, 2.24) is 10.6 Å². The zero-order valence-corrected chi connectivity index (χ0v) is 9.11. The molecular formula is C11H22N2. The van der Waals surface area contributed by atoms with Crippen molar-refractivity contribution in [3.05, 3.63) is 11.4 Å². The minimum Gasteiger partial charge on any atom is -0.368 e. The molecule has 1 aliphatic heterocycles. The molecule has 2 nitrogen and oxygen atoms in total. The monoisotopic (exact) mass is 182 g/mol. The molecule has 76 valence electrons. The van der Waals surface area contributed by atoms with Crippen LogP contribution < -0.4 is 10.6 Å². The average molecular weight is 182 g/mol. The Hall–Kier alpha value is -0.660. The van der Waals surface area contributed by atoms with Crippen molar-refractivity contribution < 1.29 is 0 Å². The summed E-state index contributed by atoms with van der Waals surface area (Å²) >= 11 is 0. The summed E-state index contributed by atoms with van der Waals surface area (Å²) in [5.41, 5.74) is 2.90. The van der Waals surface area contributed by atoms with E-state index in [1.807, 2.05) is 0 Å². The van der Waals surface area contributed by atoms with E-state index in [9.17, 15) is 0 Å². The van der Waals surface area contributed by atoms with Crippen molar-refractivity contribution in [2.75, 3.05) is 0 Å². The fourth-order valence-electron chi connectivity index (χ4n) is 1.78. The fourth-order valence-corrected chi connectivity index (χ4v) is 1.78. The van der Waals surface area contributed by atoms with E-state index in [1.165, 1.54) is 43.5 Å². The number of nitrogens with one attached hydrogen (secondary N) is 2. The quantitative estimate of drug-likeness (QED) is 0.683. The molecule has 0 saturated heterocycles. The van der Waals surface area contributed by atoms with Crippen LogP contribution in [-0.4, -0.2) is 6.17 Å². The summed E-state index contributed by atoms with van der Waals surface area (Å²) in [6.07, 6.45) is 6.64. The van der Waals surface area contributed by atoms with Crippen LogP contribution in [0, 0.1) is 0 Å². The standard InChI is InChI=1S/C11H22N2/c1-4-6-8-11-10(7-5-2)12-9(3)13-11/h9,12-13H,4-8H2,1-3H3. The summed E-state index contributed by atoms with van der Waals surface area (Å²) in [4.78, 5) is 0. The van der Waals surface area contributed by atoms with Crippen LogP contribution in [-0.2, 0) is 0 Å². The van der Waals surface area contributed by atoms with E-state index in [2.05, 4.69) is 31.4 Å². The molecule has 0 aromatic heterocycles. The Labute approximate surface area is 81.8 Å². The van der Waals surface area contributed by atoms with Crippen molar-refractivity contribution in [2.45, 2.75) is 59.0 Å². The van der Waals surface area contributed by atoms with Crippen molar-refractivity contribution in [3.8, 4) is 0 Å². The minimum atomic E-state index is 0.438. The molecule has 1 heterocycles. The maximum atomic E-state index is 3.49. The zero-order chi connectivity index (χ0) is 9.68. The van der Waals surface area contributed by atoms with Crippen LogP contribution in [0.1, 0.15) is 52.9 Å². The third-order valence-electron chi connectivity index (χ3n) is 2.43. The highest BCUT2D eigenvalue weighted by atomic mass is 15.2. The van der Waals surface area contributed by atoms with Gasteiger partial charge in [-0.05, 0) is 26.2 Å². The third kappa shape index (κ3) is 2.94. The van der Waals surface area contributed by atoms with Crippen LogP contribution >= 0.6 is 0 Å². The number of hydrogen-bond donors (Lipinski definition) is 2. The van der Waals surface area contributed by atoms with Gasteiger partial charge >= 0.3 is 0 Å². The van der Waals surface area contributed by atoms with Gasteiger partial charge in [-0.25, -0.2) is 0 Å². The SMILES string of the molecule is CCCCC1=C(CCC)NC(C)N1. The van der Waals surface area contributed by atoms with Crippen LogP contribution in [0.4, 0.5) is 0 Å². The summed E-state index contributed by atoms with van der Waals surface area (Å²) in [6.45, 7) is 6.65. The molecule has 0 aromatic rings. The lowest BCUT2D eigenvalue weighted by Gasteiger charge is -2.06. The van der Waals surface area contributed by atoms with Crippen molar-refractivity contribution >= 4 is 0 Å². The molecule has 0 fully saturated rings. The molecule has 0 aliphatic carbocycles. The number of rotatable bonds is 5. The summed E-state index contributed by atoms with van der Waals surface area (Å²) in [5.74, 6) is 0. The van der Waals surface area contributed by atoms with E-state index >= 15 is 0 Å². The first kappa shape index (κ1) is 10.4. The fraction of sp³-hybridized carbons (Fsp3) is 0.818. The Bertz CT molecular complexity index is 185. The van der Waals surface area contributed by atoms with Crippen LogP contribution in [0.3, 0.4) is 0 Å². The summed E-state index contributed by atoms with van der Waals surface area (Å²) in [5, 5.41) is 6.97.